The Labute approximate surface area is 161 Å². The molecule has 0 aliphatic heterocycles. The van der Waals surface area contributed by atoms with Gasteiger partial charge in [0.15, 0.2) is 0 Å². The lowest BCUT2D eigenvalue weighted by Crippen LogP contribution is -2.46. The largest absolute Gasteiger partial charge is 0.490 e. The Bertz CT molecular complexity index is 862. The quantitative estimate of drug-likeness (QED) is 0.646. The molecule has 0 saturated carbocycles. The number of hydrogen-bond acceptors (Lipinski definition) is 3. The second kappa shape index (κ2) is 8.15. The van der Waals surface area contributed by atoms with E-state index in [4.69, 9.17) is 4.74 Å². The standard InChI is InChI=1S/C23H30N2O2/c1-17-8-10-18(11-9-17)14-25(23(2,3)4)15-19(26)16-27-22-7-5-6-21-20(22)12-13-24-21/h5-13,19,24,26H,14-16H2,1-4H3/t19-/m1/s1. The third-order valence-corrected chi connectivity index (χ3v) is 4.86. The number of rotatable bonds is 7. The van der Waals surface area contributed by atoms with Crippen LogP contribution in [0.5, 0.6) is 5.75 Å². The smallest absolute Gasteiger partial charge is 0.128 e. The number of hydrogen-bond donors (Lipinski definition) is 2. The highest BCUT2D eigenvalue weighted by Gasteiger charge is 2.24. The predicted molar refractivity (Wildman–Crippen MR) is 111 cm³/mol. The lowest BCUT2D eigenvalue weighted by atomic mass is 10.0. The number of ether oxygens (including phenoxy) is 1. The minimum Gasteiger partial charge on any atom is -0.490 e. The molecule has 4 heteroatoms. The normalized spacial score (nSPS) is 13.3. The zero-order valence-electron chi connectivity index (χ0n) is 16.7. The Morgan fingerprint density at radius 3 is 2.52 bits per heavy atom. The maximum atomic E-state index is 10.6. The molecule has 4 nitrogen and oxygen atoms in total. The first-order chi connectivity index (χ1) is 12.8. The molecule has 0 unspecified atom stereocenters. The summed E-state index contributed by atoms with van der Waals surface area (Å²) in [6.07, 6.45) is 1.33. The number of nitrogens with zero attached hydrogens (tertiary/aromatic N) is 1. The maximum Gasteiger partial charge on any atom is 0.128 e. The summed E-state index contributed by atoms with van der Waals surface area (Å²) in [7, 11) is 0. The minimum absolute atomic E-state index is 0.0491. The monoisotopic (exact) mass is 366 g/mol. The molecule has 1 atom stereocenters. The molecule has 0 aliphatic carbocycles. The summed E-state index contributed by atoms with van der Waals surface area (Å²) < 4.78 is 5.92. The number of aliphatic hydroxyl groups is 1. The summed E-state index contributed by atoms with van der Waals surface area (Å²) in [5, 5.41) is 11.7. The van der Waals surface area contributed by atoms with Crippen LogP contribution in [0.15, 0.2) is 54.7 Å². The topological polar surface area (TPSA) is 48.5 Å². The van der Waals surface area contributed by atoms with Crippen molar-refractivity contribution in [1.82, 2.24) is 9.88 Å². The van der Waals surface area contributed by atoms with Gasteiger partial charge in [0.05, 0.1) is 0 Å². The number of aryl methyl sites for hydroxylation is 1. The first kappa shape index (κ1) is 19.5. The first-order valence-electron chi connectivity index (χ1n) is 9.50. The minimum atomic E-state index is -0.566. The summed E-state index contributed by atoms with van der Waals surface area (Å²) in [6.45, 7) is 10.2. The van der Waals surface area contributed by atoms with E-state index in [0.717, 1.165) is 23.2 Å². The summed E-state index contributed by atoms with van der Waals surface area (Å²) in [4.78, 5) is 5.47. The van der Waals surface area contributed by atoms with Crippen LogP contribution in [0, 0.1) is 6.92 Å². The van der Waals surface area contributed by atoms with Gasteiger partial charge in [0, 0.05) is 35.7 Å². The molecular weight excluding hydrogens is 336 g/mol. The number of H-pyrrole nitrogens is 1. The molecule has 0 radical (unpaired) electrons. The van der Waals surface area contributed by atoms with Crippen LogP contribution in [0.4, 0.5) is 0 Å². The van der Waals surface area contributed by atoms with Gasteiger partial charge in [-0.1, -0.05) is 35.9 Å². The van der Waals surface area contributed by atoms with Gasteiger partial charge in [-0.2, -0.15) is 0 Å². The van der Waals surface area contributed by atoms with Crippen molar-refractivity contribution < 1.29 is 9.84 Å². The van der Waals surface area contributed by atoms with E-state index >= 15 is 0 Å². The number of aliphatic hydroxyl groups excluding tert-OH is 1. The highest BCUT2D eigenvalue weighted by molar-refractivity contribution is 5.85. The Balaban J connectivity index is 1.63. The fraction of sp³-hybridized carbons (Fsp3) is 0.391. The molecule has 0 amide bonds. The third-order valence-electron chi connectivity index (χ3n) is 4.86. The zero-order chi connectivity index (χ0) is 19.4. The summed E-state index contributed by atoms with van der Waals surface area (Å²) in [6, 6.07) is 16.5. The Hall–Kier alpha value is -2.30. The van der Waals surface area contributed by atoms with E-state index in [2.05, 4.69) is 61.8 Å². The molecule has 1 heterocycles. The van der Waals surface area contributed by atoms with Crippen LogP contribution in [-0.2, 0) is 6.54 Å². The van der Waals surface area contributed by atoms with Gasteiger partial charge in [-0.3, -0.25) is 4.90 Å². The number of fused-ring (bicyclic) bond motifs is 1. The van der Waals surface area contributed by atoms with Gasteiger partial charge in [0.2, 0.25) is 0 Å². The lowest BCUT2D eigenvalue weighted by molar-refractivity contribution is 0.0288. The second-order valence-corrected chi connectivity index (χ2v) is 8.20. The third kappa shape index (κ3) is 5.12. The summed E-state index contributed by atoms with van der Waals surface area (Å²) in [5.74, 6) is 0.800. The second-order valence-electron chi connectivity index (χ2n) is 8.20. The van der Waals surface area contributed by atoms with E-state index in [1.807, 2.05) is 30.5 Å². The fourth-order valence-electron chi connectivity index (χ4n) is 3.16. The van der Waals surface area contributed by atoms with Crippen molar-refractivity contribution in [2.75, 3.05) is 13.2 Å². The van der Waals surface area contributed by atoms with E-state index in [1.165, 1.54) is 11.1 Å². The van der Waals surface area contributed by atoms with Crippen molar-refractivity contribution in [2.45, 2.75) is 45.9 Å². The lowest BCUT2D eigenvalue weighted by Gasteiger charge is -2.37. The fourth-order valence-corrected chi connectivity index (χ4v) is 3.16. The summed E-state index contributed by atoms with van der Waals surface area (Å²) >= 11 is 0. The first-order valence-corrected chi connectivity index (χ1v) is 9.50. The molecule has 0 spiro atoms. The van der Waals surface area contributed by atoms with Crippen LogP contribution in [0.3, 0.4) is 0 Å². The molecule has 3 rings (SSSR count). The Morgan fingerprint density at radius 2 is 1.81 bits per heavy atom. The Morgan fingerprint density at radius 1 is 1.07 bits per heavy atom. The molecule has 0 bridgehead atoms. The molecular formula is C23H30N2O2. The van der Waals surface area contributed by atoms with Crippen molar-refractivity contribution in [3.8, 4) is 5.75 Å². The van der Waals surface area contributed by atoms with Crippen molar-refractivity contribution in [3.05, 3.63) is 65.9 Å². The van der Waals surface area contributed by atoms with E-state index in [0.29, 0.717) is 6.54 Å². The van der Waals surface area contributed by atoms with Crippen LogP contribution >= 0.6 is 0 Å². The van der Waals surface area contributed by atoms with Crippen LogP contribution in [0.1, 0.15) is 31.9 Å². The highest BCUT2D eigenvalue weighted by Crippen LogP contribution is 2.25. The molecule has 1 aromatic heterocycles. The average Bonchev–Trinajstić information content (AvgIpc) is 3.09. The summed E-state index contributed by atoms with van der Waals surface area (Å²) in [5.41, 5.74) is 3.50. The number of nitrogens with one attached hydrogen (secondary N) is 1. The number of aromatic amines is 1. The number of benzene rings is 2. The maximum absolute atomic E-state index is 10.6. The van der Waals surface area contributed by atoms with Crippen LogP contribution in [0.25, 0.3) is 10.9 Å². The van der Waals surface area contributed by atoms with Gasteiger partial charge < -0.3 is 14.8 Å². The van der Waals surface area contributed by atoms with E-state index in [1.54, 1.807) is 0 Å². The molecule has 3 aromatic rings. The molecule has 0 aliphatic rings. The van der Waals surface area contributed by atoms with Crippen LogP contribution in [0.2, 0.25) is 0 Å². The van der Waals surface area contributed by atoms with Crippen molar-refractivity contribution in [3.63, 3.8) is 0 Å². The molecule has 27 heavy (non-hydrogen) atoms. The number of aromatic nitrogens is 1. The van der Waals surface area contributed by atoms with E-state index in [9.17, 15) is 5.11 Å². The number of β-amino-alcohol motifs (C(OH)–C–C–N with tert-alkyl or cyclic N) is 1. The van der Waals surface area contributed by atoms with Crippen molar-refractivity contribution in [2.24, 2.45) is 0 Å². The van der Waals surface area contributed by atoms with E-state index < -0.39 is 6.10 Å². The molecule has 0 saturated heterocycles. The van der Waals surface area contributed by atoms with Gasteiger partial charge in [-0.15, -0.1) is 0 Å². The molecule has 2 aromatic carbocycles. The van der Waals surface area contributed by atoms with Gasteiger partial charge in [-0.05, 0) is 51.5 Å². The molecule has 2 N–H and O–H groups in total. The SMILES string of the molecule is Cc1ccc(CN(C[C@@H](O)COc2cccc3[nH]ccc23)C(C)(C)C)cc1. The van der Waals surface area contributed by atoms with Crippen molar-refractivity contribution in [1.29, 1.82) is 0 Å². The highest BCUT2D eigenvalue weighted by atomic mass is 16.5. The van der Waals surface area contributed by atoms with Crippen LogP contribution < -0.4 is 4.74 Å². The molecule has 144 valence electrons. The van der Waals surface area contributed by atoms with Gasteiger partial charge in [-0.25, -0.2) is 0 Å². The zero-order valence-corrected chi connectivity index (χ0v) is 16.7. The predicted octanol–water partition coefficient (Wildman–Crippen LogP) is 4.52. The van der Waals surface area contributed by atoms with Gasteiger partial charge in [0.1, 0.15) is 18.5 Å². The van der Waals surface area contributed by atoms with Crippen molar-refractivity contribution >= 4 is 10.9 Å². The van der Waals surface area contributed by atoms with Gasteiger partial charge >= 0.3 is 0 Å². The van der Waals surface area contributed by atoms with Crippen LogP contribution in [-0.4, -0.2) is 39.8 Å². The van der Waals surface area contributed by atoms with E-state index in [-0.39, 0.29) is 12.1 Å². The van der Waals surface area contributed by atoms with Gasteiger partial charge in [0.25, 0.3) is 0 Å². The molecule has 0 fully saturated rings. The Kier molecular flexibility index (Phi) is 5.88. The average molecular weight is 367 g/mol.